The SMILES string of the molecule is FC(F)(F)c1cccnc1Oc1ccc(Nc2nc3ccncc3[nH]2)cc1. The molecule has 0 aliphatic heterocycles. The molecule has 0 fully saturated rings. The van der Waals surface area contributed by atoms with Crippen molar-refractivity contribution in [2.45, 2.75) is 6.18 Å². The van der Waals surface area contributed by atoms with Gasteiger partial charge in [-0.25, -0.2) is 9.97 Å². The molecule has 0 amide bonds. The predicted molar refractivity (Wildman–Crippen MR) is 92.9 cm³/mol. The Morgan fingerprint density at radius 2 is 1.81 bits per heavy atom. The second-order valence-corrected chi connectivity index (χ2v) is 5.58. The van der Waals surface area contributed by atoms with Crippen LogP contribution < -0.4 is 10.1 Å². The van der Waals surface area contributed by atoms with Crippen molar-refractivity contribution < 1.29 is 17.9 Å². The fourth-order valence-electron chi connectivity index (χ4n) is 2.46. The van der Waals surface area contributed by atoms with E-state index in [1.54, 1.807) is 42.7 Å². The molecule has 0 spiro atoms. The standard InChI is InChI=1S/C18H12F3N5O/c19-18(20,21)13-2-1-8-23-16(13)27-12-5-3-11(4-6-12)24-17-25-14-7-9-22-10-15(14)26-17/h1-10H,(H2,24,25,26). The number of ether oxygens (including phenoxy) is 1. The maximum Gasteiger partial charge on any atom is 0.421 e. The first kappa shape index (κ1) is 16.8. The zero-order chi connectivity index (χ0) is 18.9. The highest BCUT2D eigenvalue weighted by molar-refractivity contribution is 5.77. The number of hydrogen-bond donors (Lipinski definition) is 2. The lowest BCUT2D eigenvalue weighted by Crippen LogP contribution is -2.08. The molecule has 6 nitrogen and oxygen atoms in total. The minimum absolute atomic E-state index is 0.235. The number of halogens is 3. The van der Waals surface area contributed by atoms with E-state index in [9.17, 15) is 13.2 Å². The number of anilines is 2. The van der Waals surface area contributed by atoms with Crippen LogP contribution in [0.1, 0.15) is 5.56 Å². The number of nitrogens with one attached hydrogen (secondary N) is 2. The second-order valence-electron chi connectivity index (χ2n) is 5.58. The number of aromatic nitrogens is 4. The molecule has 27 heavy (non-hydrogen) atoms. The fourth-order valence-corrected chi connectivity index (χ4v) is 2.46. The molecule has 4 rings (SSSR count). The highest BCUT2D eigenvalue weighted by Gasteiger charge is 2.35. The van der Waals surface area contributed by atoms with Crippen LogP contribution in [0, 0.1) is 0 Å². The first-order chi connectivity index (χ1) is 13.0. The highest BCUT2D eigenvalue weighted by Crippen LogP contribution is 2.36. The Balaban J connectivity index is 1.51. The van der Waals surface area contributed by atoms with Gasteiger partial charge in [-0.15, -0.1) is 0 Å². The minimum atomic E-state index is -4.54. The number of benzene rings is 1. The van der Waals surface area contributed by atoms with Gasteiger partial charge in [-0.1, -0.05) is 0 Å². The summed E-state index contributed by atoms with van der Waals surface area (Å²) in [6, 6.07) is 10.3. The number of H-pyrrole nitrogens is 1. The fraction of sp³-hybridized carbons (Fsp3) is 0.0556. The van der Waals surface area contributed by atoms with Gasteiger partial charge in [0.15, 0.2) is 0 Å². The van der Waals surface area contributed by atoms with Crippen molar-refractivity contribution >= 4 is 22.7 Å². The van der Waals surface area contributed by atoms with E-state index in [0.717, 1.165) is 17.1 Å². The summed E-state index contributed by atoms with van der Waals surface area (Å²) < 4.78 is 44.3. The molecule has 3 heterocycles. The number of pyridine rings is 2. The topological polar surface area (TPSA) is 75.7 Å². The summed E-state index contributed by atoms with van der Waals surface area (Å²) in [6.45, 7) is 0. The lowest BCUT2D eigenvalue weighted by atomic mass is 10.2. The van der Waals surface area contributed by atoms with Gasteiger partial charge in [0, 0.05) is 18.1 Å². The minimum Gasteiger partial charge on any atom is -0.438 e. The quantitative estimate of drug-likeness (QED) is 0.533. The molecule has 0 saturated carbocycles. The van der Waals surface area contributed by atoms with Crippen molar-refractivity contribution in [1.29, 1.82) is 0 Å². The zero-order valence-corrected chi connectivity index (χ0v) is 13.7. The molecule has 0 radical (unpaired) electrons. The first-order valence-corrected chi connectivity index (χ1v) is 7.86. The summed E-state index contributed by atoms with van der Waals surface area (Å²) >= 11 is 0. The summed E-state index contributed by atoms with van der Waals surface area (Å²) in [4.78, 5) is 15.1. The number of aromatic amines is 1. The van der Waals surface area contributed by atoms with Crippen molar-refractivity contribution in [2.75, 3.05) is 5.32 Å². The van der Waals surface area contributed by atoms with Gasteiger partial charge in [0.25, 0.3) is 0 Å². The van der Waals surface area contributed by atoms with Crippen LogP contribution in [0.15, 0.2) is 61.1 Å². The van der Waals surface area contributed by atoms with E-state index >= 15 is 0 Å². The van der Waals surface area contributed by atoms with Crippen LogP contribution in [0.2, 0.25) is 0 Å². The van der Waals surface area contributed by atoms with E-state index in [0.29, 0.717) is 11.6 Å². The molecule has 4 aromatic rings. The molecular weight excluding hydrogens is 359 g/mol. The van der Waals surface area contributed by atoms with E-state index in [4.69, 9.17) is 4.74 Å². The number of fused-ring (bicyclic) bond motifs is 1. The predicted octanol–water partition coefficient (Wildman–Crippen LogP) is 4.91. The number of hydrogen-bond acceptors (Lipinski definition) is 5. The summed E-state index contributed by atoms with van der Waals surface area (Å²) in [6.07, 6.45) is 0.0135. The molecule has 0 atom stereocenters. The largest absolute Gasteiger partial charge is 0.438 e. The van der Waals surface area contributed by atoms with Crippen LogP contribution in [0.5, 0.6) is 11.6 Å². The van der Waals surface area contributed by atoms with Crippen molar-refractivity contribution in [2.24, 2.45) is 0 Å². The van der Waals surface area contributed by atoms with E-state index in [1.165, 1.54) is 12.3 Å². The Bertz CT molecular complexity index is 1040. The Labute approximate surface area is 151 Å². The van der Waals surface area contributed by atoms with Gasteiger partial charge in [0.05, 0.1) is 17.2 Å². The molecule has 1 aromatic carbocycles. The normalized spacial score (nSPS) is 11.5. The number of imidazole rings is 1. The molecule has 0 unspecified atom stereocenters. The smallest absolute Gasteiger partial charge is 0.421 e. The Morgan fingerprint density at radius 3 is 2.56 bits per heavy atom. The Morgan fingerprint density at radius 1 is 1.00 bits per heavy atom. The molecule has 0 bridgehead atoms. The van der Waals surface area contributed by atoms with Crippen molar-refractivity contribution in [1.82, 2.24) is 19.9 Å². The van der Waals surface area contributed by atoms with Crippen LogP contribution >= 0.6 is 0 Å². The van der Waals surface area contributed by atoms with E-state index < -0.39 is 17.6 Å². The van der Waals surface area contributed by atoms with E-state index in [2.05, 4.69) is 25.3 Å². The Hall–Kier alpha value is -3.62. The summed E-state index contributed by atoms with van der Waals surface area (Å²) in [5, 5.41) is 3.07. The number of rotatable bonds is 4. The monoisotopic (exact) mass is 371 g/mol. The third-order valence-corrected chi connectivity index (χ3v) is 3.69. The van der Waals surface area contributed by atoms with Crippen LogP contribution in [0.4, 0.5) is 24.8 Å². The molecule has 0 aliphatic carbocycles. The average molecular weight is 371 g/mol. The molecule has 2 N–H and O–H groups in total. The summed E-state index contributed by atoms with van der Waals surface area (Å²) in [5.74, 6) is 0.268. The second kappa shape index (κ2) is 6.60. The van der Waals surface area contributed by atoms with Crippen LogP contribution in [-0.4, -0.2) is 19.9 Å². The van der Waals surface area contributed by atoms with Gasteiger partial charge >= 0.3 is 6.18 Å². The third-order valence-electron chi connectivity index (χ3n) is 3.69. The Kier molecular flexibility index (Phi) is 4.11. The third kappa shape index (κ3) is 3.66. The van der Waals surface area contributed by atoms with Gasteiger partial charge in [0.2, 0.25) is 11.8 Å². The zero-order valence-electron chi connectivity index (χ0n) is 13.7. The molecule has 0 saturated heterocycles. The molecule has 9 heteroatoms. The van der Waals surface area contributed by atoms with Crippen LogP contribution in [0.3, 0.4) is 0 Å². The molecular formula is C18H12F3N5O. The highest BCUT2D eigenvalue weighted by atomic mass is 19.4. The van der Waals surface area contributed by atoms with Crippen molar-refractivity contribution in [3.63, 3.8) is 0 Å². The molecule has 3 aromatic heterocycles. The van der Waals surface area contributed by atoms with Gasteiger partial charge in [-0.2, -0.15) is 13.2 Å². The van der Waals surface area contributed by atoms with Crippen LogP contribution in [-0.2, 0) is 6.18 Å². The van der Waals surface area contributed by atoms with Crippen molar-refractivity contribution in [3.8, 4) is 11.6 Å². The molecule has 136 valence electrons. The van der Waals surface area contributed by atoms with Crippen LogP contribution in [0.25, 0.3) is 11.0 Å². The van der Waals surface area contributed by atoms with Crippen molar-refractivity contribution in [3.05, 3.63) is 66.6 Å². The van der Waals surface area contributed by atoms with E-state index in [-0.39, 0.29) is 5.75 Å². The summed E-state index contributed by atoms with van der Waals surface area (Å²) in [7, 11) is 0. The average Bonchev–Trinajstić information content (AvgIpc) is 3.05. The van der Waals surface area contributed by atoms with Gasteiger partial charge in [-0.05, 0) is 42.5 Å². The summed E-state index contributed by atoms with van der Waals surface area (Å²) in [5.41, 5.74) is 1.31. The number of alkyl halides is 3. The van der Waals surface area contributed by atoms with Gasteiger partial charge in [-0.3, -0.25) is 4.98 Å². The lowest BCUT2D eigenvalue weighted by molar-refractivity contribution is -0.138. The van der Waals surface area contributed by atoms with E-state index in [1.807, 2.05) is 0 Å². The molecule has 0 aliphatic rings. The number of nitrogens with zero attached hydrogens (tertiary/aromatic N) is 3. The first-order valence-electron chi connectivity index (χ1n) is 7.86. The maximum absolute atomic E-state index is 13.0. The van der Waals surface area contributed by atoms with Gasteiger partial charge < -0.3 is 15.0 Å². The maximum atomic E-state index is 13.0. The van der Waals surface area contributed by atoms with Gasteiger partial charge in [0.1, 0.15) is 11.3 Å². The lowest BCUT2D eigenvalue weighted by Gasteiger charge is -2.12.